The number of nitrogens with zero attached hydrogens (tertiary/aromatic N) is 1. The van der Waals surface area contributed by atoms with E-state index >= 15 is 0 Å². The summed E-state index contributed by atoms with van der Waals surface area (Å²) < 4.78 is 13.3. The molecule has 0 radical (unpaired) electrons. The summed E-state index contributed by atoms with van der Waals surface area (Å²) in [5.74, 6) is -0.703. The van der Waals surface area contributed by atoms with Crippen LogP contribution in [-0.2, 0) is 0 Å². The van der Waals surface area contributed by atoms with Crippen molar-refractivity contribution in [3.63, 3.8) is 0 Å². The first-order chi connectivity index (χ1) is 9.10. The van der Waals surface area contributed by atoms with Crippen LogP contribution in [0.15, 0.2) is 42.5 Å². The molecule has 0 unspecified atom stereocenters. The number of amides is 1. The fourth-order valence-electron chi connectivity index (χ4n) is 1.57. The van der Waals surface area contributed by atoms with Crippen LogP contribution in [0.3, 0.4) is 0 Å². The number of hydrogen-bond acceptors (Lipinski definition) is 2. The molecule has 0 atom stereocenters. The van der Waals surface area contributed by atoms with Crippen LogP contribution >= 0.6 is 0 Å². The van der Waals surface area contributed by atoms with Crippen LogP contribution in [0.2, 0.25) is 0 Å². The Morgan fingerprint density at radius 3 is 2.47 bits per heavy atom. The molecule has 0 fully saturated rings. The third-order valence-electron chi connectivity index (χ3n) is 2.71. The van der Waals surface area contributed by atoms with E-state index in [1.807, 2.05) is 6.07 Å². The molecule has 4 heteroatoms. The average Bonchev–Trinajstić information content (AvgIpc) is 2.43. The first-order valence-electron chi connectivity index (χ1n) is 5.68. The number of hydrogen-bond donors (Lipinski definition) is 1. The molecule has 0 heterocycles. The summed E-state index contributed by atoms with van der Waals surface area (Å²) in [6, 6.07) is 12.7. The number of anilines is 1. The molecular formula is C15H11FN2O. The Morgan fingerprint density at radius 1 is 1.21 bits per heavy atom. The van der Waals surface area contributed by atoms with Gasteiger partial charge in [-0.3, -0.25) is 4.79 Å². The second-order valence-corrected chi connectivity index (χ2v) is 4.11. The maximum atomic E-state index is 13.3. The molecule has 0 saturated carbocycles. The van der Waals surface area contributed by atoms with Crippen molar-refractivity contribution in [2.24, 2.45) is 0 Å². The number of carbonyl (C=O) groups is 1. The van der Waals surface area contributed by atoms with Gasteiger partial charge in [-0.1, -0.05) is 6.07 Å². The second kappa shape index (κ2) is 5.32. The lowest BCUT2D eigenvalue weighted by Gasteiger charge is -2.06. The Balaban J connectivity index is 2.16. The predicted molar refractivity (Wildman–Crippen MR) is 70.2 cm³/mol. The fraction of sp³-hybridized carbons (Fsp3) is 0.0667. The zero-order valence-electron chi connectivity index (χ0n) is 10.3. The molecule has 1 N–H and O–H groups in total. The van der Waals surface area contributed by atoms with Gasteiger partial charge >= 0.3 is 0 Å². The topological polar surface area (TPSA) is 52.9 Å². The van der Waals surface area contributed by atoms with Crippen molar-refractivity contribution in [1.29, 1.82) is 5.26 Å². The number of aryl methyl sites for hydroxylation is 1. The minimum atomic E-state index is -0.363. The van der Waals surface area contributed by atoms with Crippen molar-refractivity contribution in [3.05, 3.63) is 65.0 Å². The maximum Gasteiger partial charge on any atom is 0.255 e. The van der Waals surface area contributed by atoms with E-state index in [1.165, 1.54) is 6.07 Å². The summed E-state index contributed by atoms with van der Waals surface area (Å²) in [6.07, 6.45) is 0. The van der Waals surface area contributed by atoms with Crippen LogP contribution < -0.4 is 5.32 Å². The fourth-order valence-corrected chi connectivity index (χ4v) is 1.57. The standard InChI is InChI=1S/C15H11FN2O/c1-10-2-7-13(8-14(10)16)18-15(19)12-5-3-11(9-17)4-6-12/h2-8H,1H3,(H,18,19). The predicted octanol–water partition coefficient (Wildman–Crippen LogP) is 3.26. The van der Waals surface area contributed by atoms with Gasteiger partial charge in [-0.2, -0.15) is 5.26 Å². The lowest BCUT2D eigenvalue weighted by atomic mass is 10.1. The van der Waals surface area contributed by atoms with Crippen molar-refractivity contribution in [2.75, 3.05) is 5.32 Å². The maximum absolute atomic E-state index is 13.3. The molecule has 19 heavy (non-hydrogen) atoms. The van der Waals surface area contributed by atoms with Crippen molar-refractivity contribution in [3.8, 4) is 6.07 Å². The SMILES string of the molecule is Cc1ccc(NC(=O)c2ccc(C#N)cc2)cc1F. The third-order valence-corrected chi connectivity index (χ3v) is 2.71. The summed E-state index contributed by atoms with van der Waals surface area (Å²) in [6.45, 7) is 1.65. The number of halogens is 1. The monoisotopic (exact) mass is 254 g/mol. The molecule has 2 aromatic carbocycles. The van der Waals surface area contributed by atoms with Crippen molar-refractivity contribution in [1.82, 2.24) is 0 Å². The Bertz CT molecular complexity index is 657. The van der Waals surface area contributed by atoms with E-state index in [9.17, 15) is 9.18 Å². The average molecular weight is 254 g/mol. The van der Waals surface area contributed by atoms with Gasteiger partial charge in [0, 0.05) is 11.3 Å². The van der Waals surface area contributed by atoms with Gasteiger partial charge in [0.15, 0.2) is 0 Å². The number of benzene rings is 2. The summed E-state index contributed by atoms with van der Waals surface area (Å²) >= 11 is 0. The van der Waals surface area contributed by atoms with E-state index in [4.69, 9.17) is 5.26 Å². The Hall–Kier alpha value is -2.67. The van der Waals surface area contributed by atoms with Crippen LogP contribution in [0, 0.1) is 24.1 Å². The van der Waals surface area contributed by atoms with Crippen LogP contribution in [0.4, 0.5) is 10.1 Å². The molecule has 0 aromatic heterocycles. The molecule has 0 aliphatic rings. The Kier molecular flexibility index (Phi) is 3.58. The molecule has 1 amide bonds. The second-order valence-electron chi connectivity index (χ2n) is 4.11. The zero-order chi connectivity index (χ0) is 13.8. The minimum absolute atomic E-state index is 0.340. The molecule has 2 rings (SSSR count). The molecule has 94 valence electrons. The lowest BCUT2D eigenvalue weighted by Crippen LogP contribution is -2.12. The normalized spacial score (nSPS) is 9.74. The summed E-state index contributed by atoms with van der Waals surface area (Å²) in [4.78, 5) is 11.9. The minimum Gasteiger partial charge on any atom is -0.322 e. The van der Waals surface area contributed by atoms with Gasteiger partial charge in [0.1, 0.15) is 5.82 Å². The summed E-state index contributed by atoms with van der Waals surface area (Å²) in [7, 11) is 0. The molecule has 0 bridgehead atoms. The van der Waals surface area contributed by atoms with Gasteiger partial charge in [0.25, 0.3) is 5.91 Å². The molecule has 2 aromatic rings. The quantitative estimate of drug-likeness (QED) is 0.894. The third kappa shape index (κ3) is 2.96. The first-order valence-corrected chi connectivity index (χ1v) is 5.68. The Labute approximate surface area is 110 Å². The van der Waals surface area contributed by atoms with E-state index in [0.29, 0.717) is 22.4 Å². The van der Waals surface area contributed by atoms with Crippen LogP contribution in [-0.4, -0.2) is 5.91 Å². The summed E-state index contributed by atoms with van der Waals surface area (Å²) in [5.41, 5.74) is 1.83. The number of rotatable bonds is 2. The van der Waals surface area contributed by atoms with Crippen LogP contribution in [0.25, 0.3) is 0 Å². The highest BCUT2D eigenvalue weighted by atomic mass is 19.1. The van der Waals surface area contributed by atoms with Crippen molar-refractivity contribution in [2.45, 2.75) is 6.92 Å². The zero-order valence-corrected chi connectivity index (χ0v) is 10.3. The molecule has 0 aliphatic carbocycles. The van der Waals surface area contributed by atoms with Crippen molar-refractivity contribution < 1.29 is 9.18 Å². The Morgan fingerprint density at radius 2 is 1.89 bits per heavy atom. The largest absolute Gasteiger partial charge is 0.322 e. The highest BCUT2D eigenvalue weighted by molar-refractivity contribution is 6.04. The van der Waals surface area contributed by atoms with Gasteiger partial charge in [-0.05, 0) is 48.9 Å². The number of carbonyl (C=O) groups excluding carboxylic acids is 1. The first kappa shape index (κ1) is 12.8. The molecular weight excluding hydrogens is 243 g/mol. The molecule has 3 nitrogen and oxygen atoms in total. The van der Waals surface area contributed by atoms with E-state index in [1.54, 1.807) is 43.3 Å². The highest BCUT2D eigenvalue weighted by Gasteiger charge is 2.07. The molecule has 0 saturated heterocycles. The van der Waals surface area contributed by atoms with Crippen LogP contribution in [0.1, 0.15) is 21.5 Å². The van der Waals surface area contributed by atoms with Crippen molar-refractivity contribution >= 4 is 11.6 Å². The number of nitriles is 1. The molecule has 0 spiro atoms. The lowest BCUT2D eigenvalue weighted by molar-refractivity contribution is 0.102. The van der Waals surface area contributed by atoms with E-state index in [2.05, 4.69) is 5.32 Å². The smallest absolute Gasteiger partial charge is 0.255 e. The van der Waals surface area contributed by atoms with Gasteiger partial charge in [-0.25, -0.2) is 4.39 Å². The van der Waals surface area contributed by atoms with Gasteiger partial charge < -0.3 is 5.32 Å². The van der Waals surface area contributed by atoms with Gasteiger partial charge in [-0.15, -0.1) is 0 Å². The van der Waals surface area contributed by atoms with E-state index in [-0.39, 0.29) is 11.7 Å². The van der Waals surface area contributed by atoms with Gasteiger partial charge in [0.05, 0.1) is 11.6 Å². The van der Waals surface area contributed by atoms with E-state index < -0.39 is 0 Å². The number of nitrogens with one attached hydrogen (secondary N) is 1. The van der Waals surface area contributed by atoms with Gasteiger partial charge in [0.2, 0.25) is 0 Å². The highest BCUT2D eigenvalue weighted by Crippen LogP contribution is 2.15. The molecule has 0 aliphatic heterocycles. The van der Waals surface area contributed by atoms with Crippen LogP contribution in [0.5, 0.6) is 0 Å². The van der Waals surface area contributed by atoms with E-state index in [0.717, 1.165) is 0 Å². The summed E-state index contributed by atoms with van der Waals surface area (Å²) in [5, 5.41) is 11.3.